The molecule has 0 atom stereocenters. The molecule has 1 aromatic heterocycles. The number of pyridine rings is 1. The minimum absolute atomic E-state index is 0.265. The van der Waals surface area contributed by atoms with E-state index in [0.29, 0.717) is 0 Å². The van der Waals surface area contributed by atoms with Crippen LogP contribution in [0.2, 0.25) is 0 Å². The highest BCUT2D eigenvalue weighted by Crippen LogP contribution is 2.42. The number of rotatable bonds is 5. The molecule has 2 amide bonds. The molecule has 0 bridgehead atoms. The Bertz CT molecular complexity index is 1180. The second kappa shape index (κ2) is 9.17. The van der Waals surface area contributed by atoms with Crippen LogP contribution in [0.5, 0.6) is 0 Å². The zero-order chi connectivity index (χ0) is 24.3. The van der Waals surface area contributed by atoms with E-state index in [1.165, 1.54) is 0 Å². The van der Waals surface area contributed by atoms with Crippen LogP contribution in [-0.2, 0) is 10.3 Å². The molecule has 7 nitrogen and oxygen atoms in total. The maximum absolute atomic E-state index is 12.4. The molecule has 7 heteroatoms. The SMILES string of the molecule is CC(C)(C)OC(=O)NC1(c2ccc(-c3cnc(NC(=O)O)cc3-c3ccccc3)cc2)CCC1. The number of carbonyl (C=O) groups excluding carboxylic acids is 1. The molecule has 0 spiro atoms. The fourth-order valence-electron chi connectivity index (χ4n) is 4.20. The van der Waals surface area contributed by atoms with Gasteiger partial charge in [-0.05, 0) is 68.4 Å². The molecule has 4 rings (SSSR count). The van der Waals surface area contributed by atoms with E-state index < -0.39 is 23.3 Å². The topological polar surface area (TPSA) is 101 Å². The van der Waals surface area contributed by atoms with Gasteiger partial charge < -0.3 is 15.2 Å². The van der Waals surface area contributed by atoms with Gasteiger partial charge in [0.05, 0.1) is 5.54 Å². The molecular weight excluding hydrogens is 430 g/mol. The first-order valence-corrected chi connectivity index (χ1v) is 11.3. The van der Waals surface area contributed by atoms with Crippen molar-refractivity contribution in [2.45, 2.75) is 51.2 Å². The maximum Gasteiger partial charge on any atom is 0.410 e. The Morgan fingerprint density at radius 3 is 2.18 bits per heavy atom. The van der Waals surface area contributed by atoms with Crippen molar-refractivity contribution < 1.29 is 19.4 Å². The van der Waals surface area contributed by atoms with Crippen molar-refractivity contribution in [3.05, 3.63) is 72.4 Å². The smallest absolute Gasteiger partial charge is 0.410 e. The van der Waals surface area contributed by atoms with Crippen molar-refractivity contribution in [3.63, 3.8) is 0 Å². The predicted molar refractivity (Wildman–Crippen MR) is 132 cm³/mol. The summed E-state index contributed by atoms with van der Waals surface area (Å²) in [6.07, 6.45) is 2.87. The third-order valence-corrected chi connectivity index (χ3v) is 5.92. The van der Waals surface area contributed by atoms with Crippen LogP contribution >= 0.6 is 0 Å². The van der Waals surface area contributed by atoms with E-state index in [2.05, 4.69) is 15.6 Å². The molecule has 1 aliphatic carbocycles. The van der Waals surface area contributed by atoms with Gasteiger partial charge in [-0.15, -0.1) is 0 Å². The predicted octanol–water partition coefficient (Wildman–Crippen LogP) is 6.41. The van der Waals surface area contributed by atoms with Gasteiger partial charge in [-0.1, -0.05) is 54.6 Å². The largest absolute Gasteiger partial charge is 0.465 e. The van der Waals surface area contributed by atoms with Gasteiger partial charge in [0.25, 0.3) is 0 Å². The molecule has 1 fully saturated rings. The van der Waals surface area contributed by atoms with Crippen LogP contribution in [0.4, 0.5) is 15.4 Å². The molecule has 3 N–H and O–H groups in total. The molecule has 3 aromatic rings. The summed E-state index contributed by atoms with van der Waals surface area (Å²) in [5, 5.41) is 14.5. The summed E-state index contributed by atoms with van der Waals surface area (Å²) in [5.41, 5.74) is 3.72. The lowest BCUT2D eigenvalue weighted by Crippen LogP contribution is -2.52. The van der Waals surface area contributed by atoms with Gasteiger partial charge >= 0.3 is 12.2 Å². The number of nitrogens with one attached hydrogen (secondary N) is 2. The number of carbonyl (C=O) groups is 2. The molecule has 176 valence electrons. The van der Waals surface area contributed by atoms with E-state index in [4.69, 9.17) is 9.84 Å². The van der Waals surface area contributed by atoms with E-state index in [9.17, 15) is 9.59 Å². The zero-order valence-electron chi connectivity index (χ0n) is 19.6. The summed E-state index contributed by atoms with van der Waals surface area (Å²) < 4.78 is 5.48. The Morgan fingerprint density at radius 2 is 1.62 bits per heavy atom. The fraction of sp³-hybridized carbons (Fsp3) is 0.296. The van der Waals surface area contributed by atoms with Crippen LogP contribution in [0, 0.1) is 0 Å². The number of anilines is 1. The second-order valence-electron chi connectivity index (χ2n) is 9.55. The third-order valence-electron chi connectivity index (χ3n) is 5.92. The Hall–Kier alpha value is -3.87. The number of carboxylic acid groups (broad SMARTS) is 1. The number of benzene rings is 2. The highest BCUT2D eigenvalue weighted by Gasteiger charge is 2.41. The molecule has 1 aliphatic rings. The average Bonchev–Trinajstić information content (AvgIpc) is 2.75. The summed E-state index contributed by atoms with van der Waals surface area (Å²) in [7, 11) is 0. The van der Waals surface area contributed by atoms with Crippen molar-refractivity contribution in [1.29, 1.82) is 0 Å². The first-order valence-electron chi connectivity index (χ1n) is 11.3. The molecule has 0 unspecified atom stereocenters. The maximum atomic E-state index is 12.4. The van der Waals surface area contributed by atoms with Gasteiger partial charge in [0.15, 0.2) is 0 Å². The summed E-state index contributed by atoms with van der Waals surface area (Å²) in [6.45, 7) is 5.55. The van der Waals surface area contributed by atoms with Gasteiger partial charge in [-0.2, -0.15) is 0 Å². The number of amides is 2. The number of hydrogen-bond donors (Lipinski definition) is 3. The summed E-state index contributed by atoms with van der Waals surface area (Å²) in [4.78, 5) is 27.8. The Morgan fingerprint density at radius 1 is 0.971 bits per heavy atom. The zero-order valence-corrected chi connectivity index (χ0v) is 19.6. The van der Waals surface area contributed by atoms with E-state index in [1.54, 1.807) is 12.3 Å². The molecule has 1 saturated carbocycles. The first-order chi connectivity index (χ1) is 16.2. The number of ether oxygens (including phenoxy) is 1. The lowest BCUT2D eigenvalue weighted by atomic mass is 9.71. The van der Waals surface area contributed by atoms with Crippen molar-refractivity contribution in [2.24, 2.45) is 0 Å². The molecule has 34 heavy (non-hydrogen) atoms. The second-order valence-corrected chi connectivity index (χ2v) is 9.55. The minimum Gasteiger partial charge on any atom is -0.465 e. The highest BCUT2D eigenvalue weighted by atomic mass is 16.6. The van der Waals surface area contributed by atoms with Crippen LogP contribution in [0.3, 0.4) is 0 Å². The van der Waals surface area contributed by atoms with Crippen LogP contribution < -0.4 is 10.6 Å². The Kier molecular flexibility index (Phi) is 6.28. The summed E-state index contributed by atoms with van der Waals surface area (Å²) in [5.74, 6) is 0.265. The van der Waals surface area contributed by atoms with Gasteiger partial charge in [-0.3, -0.25) is 5.32 Å². The average molecular weight is 460 g/mol. The monoisotopic (exact) mass is 459 g/mol. The van der Waals surface area contributed by atoms with Crippen molar-refractivity contribution >= 4 is 18.0 Å². The number of alkyl carbamates (subject to hydrolysis) is 1. The molecule has 0 radical (unpaired) electrons. The Balaban J connectivity index is 1.65. The number of nitrogens with zero attached hydrogens (tertiary/aromatic N) is 1. The van der Waals surface area contributed by atoms with Gasteiger partial charge in [0.2, 0.25) is 0 Å². The van der Waals surface area contributed by atoms with E-state index in [0.717, 1.165) is 47.1 Å². The van der Waals surface area contributed by atoms with Gasteiger partial charge in [-0.25, -0.2) is 14.6 Å². The van der Waals surface area contributed by atoms with Crippen LogP contribution in [0.25, 0.3) is 22.3 Å². The van der Waals surface area contributed by atoms with E-state index in [-0.39, 0.29) is 5.82 Å². The Labute approximate surface area is 199 Å². The molecule has 0 saturated heterocycles. The summed E-state index contributed by atoms with van der Waals surface area (Å²) >= 11 is 0. The van der Waals surface area contributed by atoms with Crippen LogP contribution in [0.15, 0.2) is 66.9 Å². The van der Waals surface area contributed by atoms with Crippen LogP contribution in [-0.4, -0.2) is 27.9 Å². The van der Waals surface area contributed by atoms with E-state index >= 15 is 0 Å². The highest BCUT2D eigenvalue weighted by molar-refractivity contribution is 5.88. The van der Waals surface area contributed by atoms with Crippen LogP contribution in [0.1, 0.15) is 45.6 Å². The molecule has 0 aliphatic heterocycles. The standard InChI is InChI=1S/C27H29N3O4/c1-26(2,3)34-25(33)30-27(14-7-15-27)20-12-10-19(11-13-20)22-17-28-23(29-24(31)32)16-21(22)18-8-5-4-6-9-18/h4-6,8-13,16-17H,7,14-15H2,1-3H3,(H,28,29)(H,30,33)(H,31,32). The third kappa shape index (κ3) is 5.20. The van der Waals surface area contributed by atoms with E-state index in [1.807, 2.05) is 75.4 Å². The van der Waals surface area contributed by atoms with Gasteiger partial charge in [0.1, 0.15) is 11.4 Å². The lowest BCUT2D eigenvalue weighted by Gasteiger charge is -2.43. The van der Waals surface area contributed by atoms with Crippen molar-refractivity contribution in [1.82, 2.24) is 10.3 Å². The molecular formula is C27H29N3O4. The fourth-order valence-corrected chi connectivity index (χ4v) is 4.20. The van der Waals surface area contributed by atoms with Gasteiger partial charge in [0, 0.05) is 11.8 Å². The summed E-state index contributed by atoms with van der Waals surface area (Å²) in [6, 6.07) is 19.6. The first kappa shape index (κ1) is 23.3. The molecule has 2 aromatic carbocycles. The lowest BCUT2D eigenvalue weighted by molar-refractivity contribution is 0.0377. The number of hydrogen-bond acceptors (Lipinski definition) is 4. The minimum atomic E-state index is -1.16. The quantitative estimate of drug-likeness (QED) is 0.409. The normalized spacial score (nSPS) is 14.6. The van der Waals surface area contributed by atoms with Crippen molar-refractivity contribution in [3.8, 4) is 22.3 Å². The van der Waals surface area contributed by atoms with Crippen molar-refractivity contribution in [2.75, 3.05) is 5.32 Å². The molecule has 1 heterocycles. The number of aromatic nitrogens is 1.